The maximum Gasteiger partial charge on any atom is 0.433 e. The van der Waals surface area contributed by atoms with Crippen molar-refractivity contribution in [2.24, 2.45) is 5.92 Å². The summed E-state index contributed by atoms with van der Waals surface area (Å²) < 4.78 is 38.5. The van der Waals surface area contributed by atoms with Crippen LogP contribution in [0.2, 0.25) is 0 Å². The van der Waals surface area contributed by atoms with Gasteiger partial charge in [0.05, 0.1) is 18.8 Å². The van der Waals surface area contributed by atoms with E-state index >= 15 is 0 Å². The van der Waals surface area contributed by atoms with Gasteiger partial charge in [0.2, 0.25) is 0 Å². The van der Waals surface area contributed by atoms with Gasteiger partial charge in [0.15, 0.2) is 0 Å². The van der Waals surface area contributed by atoms with Crippen LogP contribution in [0.5, 0.6) is 0 Å². The fourth-order valence-electron chi connectivity index (χ4n) is 3.87. The Morgan fingerprint density at radius 3 is 2.52 bits per heavy atom. The van der Waals surface area contributed by atoms with Crippen LogP contribution in [0.1, 0.15) is 12.1 Å². The summed E-state index contributed by atoms with van der Waals surface area (Å²) in [6.45, 7) is 1.22. The first-order chi connectivity index (χ1) is 12.7. The van der Waals surface area contributed by atoms with Gasteiger partial charge in [-0.2, -0.15) is 13.2 Å². The van der Waals surface area contributed by atoms with Crippen molar-refractivity contribution in [2.45, 2.75) is 37.0 Å². The summed E-state index contributed by atoms with van der Waals surface area (Å²) in [4.78, 5) is 7.22. The van der Waals surface area contributed by atoms with Gasteiger partial charge in [-0.3, -0.25) is 4.90 Å². The molecule has 152 valence electrons. The Balaban J connectivity index is 1.64. The minimum atomic E-state index is -4.50. The molecule has 3 heterocycles. The van der Waals surface area contributed by atoms with Crippen molar-refractivity contribution in [3.8, 4) is 0 Å². The Labute approximate surface area is 154 Å². The highest BCUT2D eigenvalue weighted by Gasteiger charge is 2.42. The third-order valence-corrected chi connectivity index (χ3v) is 5.34. The van der Waals surface area contributed by atoms with Crippen LogP contribution in [0.15, 0.2) is 18.2 Å². The number of nitrogens with zero attached hydrogens (tertiary/aromatic N) is 3. The number of likely N-dealkylation sites (tertiary alicyclic amines) is 1. The second kappa shape index (κ2) is 7.88. The molecule has 1 aromatic rings. The van der Waals surface area contributed by atoms with E-state index in [0.29, 0.717) is 26.1 Å². The van der Waals surface area contributed by atoms with Crippen molar-refractivity contribution in [1.82, 2.24) is 9.88 Å². The minimum Gasteiger partial charge on any atom is -0.395 e. The van der Waals surface area contributed by atoms with Crippen molar-refractivity contribution >= 4 is 5.82 Å². The molecule has 5 atom stereocenters. The lowest BCUT2D eigenvalue weighted by Crippen LogP contribution is -2.63. The normalized spacial score (nSPS) is 32.9. The van der Waals surface area contributed by atoms with Gasteiger partial charge < -0.3 is 25.3 Å². The number of aromatic nitrogens is 1. The highest BCUT2D eigenvalue weighted by molar-refractivity contribution is 5.41. The Morgan fingerprint density at radius 2 is 1.85 bits per heavy atom. The molecule has 10 heteroatoms. The van der Waals surface area contributed by atoms with Crippen LogP contribution in [0.3, 0.4) is 0 Å². The molecule has 2 saturated heterocycles. The number of pyridine rings is 1. The fourth-order valence-corrected chi connectivity index (χ4v) is 3.87. The van der Waals surface area contributed by atoms with E-state index in [4.69, 9.17) is 0 Å². The van der Waals surface area contributed by atoms with Gasteiger partial charge in [0.1, 0.15) is 23.7 Å². The summed E-state index contributed by atoms with van der Waals surface area (Å²) in [5, 5.41) is 39.2. The molecule has 2 aliphatic rings. The average Bonchev–Trinajstić information content (AvgIpc) is 3.08. The summed E-state index contributed by atoms with van der Waals surface area (Å²) in [7, 11) is 0. The number of rotatable bonds is 4. The number of hydrogen-bond donors (Lipinski definition) is 4. The van der Waals surface area contributed by atoms with E-state index in [1.54, 1.807) is 15.9 Å². The molecule has 2 fully saturated rings. The smallest absolute Gasteiger partial charge is 0.395 e. The van der Waals surface area contributed by atoms with Crippen LogP contribution in [-0.4, -0.2) is 87.4 Å². The van der Waals surface area contributed by atoms with E-state index in [-0.39, 0.29) is 24.9 Å². The quantitative estimate of drug-likeness (QED) is 0.559. The molecule has 0 amide bonds. The molecule has 4 N–H and O–H groups in total. The van der Waals surface area contributed by atoms with Crippen molar-refractivity contribution in [1.29, 1.82) is 0 Å². The zero-order chi connectivity index (χ0) is 19.8. The summed E-state index contributed by atoms with van der Waals surface area (Å²) in [6, 6.07) is 3.12. The molecule has 0 saturated carbocycles. The maximum absolute atomic E-state index is 12.8. The van der Waals surface area contributed by atoms with E-state index in [2.05, 4.69) is 4.98 Å². The van der Waals surface area contributed by atoms with Gasteiger partial charge in [-0.1, -0.05) is 6.07 Å². The van der Waals surface area contributed by atoms with Crippen molar-refractivity contribution in [3.63, 3.8) is 0 Å². The van der Waals surface area contributed by atoms with Gasteiger partial charge >= 0.3 is 6.18 Å². The highest BCUT2D eigenvalue weighted by atomic mass is 19.4. The van der Waals surface area contributed by atoms with Gasteiger partial charge in [-0.05, 0) is 24.5 Å². The standard InChI is InChI=1S/C17H24F3N3O4/c18-17(19,20)13-2-1-3-14(21-13)22-5-4-10(6-22)7-23-8-12(25)16(27)15(26)11(23)9-24/h1-3,10-12,15-16,24-27H,4-9H2/t10-,11-,12-,15+,16+/m0/s1. The zero-order valence-corrected chi connectivity index (χ0v) is 14.6. The average molecular weight is 391 g/mol. The summed E-state index contributed by atoms with van der Waals surface area (Å²) in [6.07, 6.45) is -7.48. The predicted molar refractivity (Wildman–Crippen MR) is 90.0 cm³/mol. The topological polar surface area (TPSA) is 100 Å². The lowest BCUT2D eigenvalue weighted by molar-refractivity contribution is -0.146. The number of aliphatic hydroxyl groups excluding tert-OH is 4. The number of halogens is 3. The molecule has 27 heavy (non-hydrogen) atoms. The monoisotopic (exact) mass is 391 g/mol. The Morgan fingerprint density at radius 1 is 1.11 bits per heavy atom. The van der Waals surface area contributed by atoms with E-state index in [0.717, 1.165) is 6.07 Å². The number of β-amino-alcohol motifs (C(OH)–C–C–N with tert-alkyl or cyclic N) is 1. The largest absolute Gasteiger partial charge is 0.433 e. The lowest BCUT2D eigenvalue weighted by atomic mass is 9.93. The Bertz CT molecular complexity index is 648. The van der Waals surface area contributed by atoms with E-state index in [9.17, 15) is 33.6 Å². The fraction of sp³-hybridized carbons (Fsp3) is 0.706. The first-order valence-corrected chi connectivity index (χ1v) is 8.89. The predicted octanol–water partition coefficient (Wildman–Crippen LogP) is -0.314. The third-order valence-electron chi connectivity index (χ3n) is 5.34. The van der Waals surface area contributed by atoms with Crippen molar-refractivity contribution < 1.29 is 33.6 Å². The SMILES string of the molecule is OC[C@H]1[C@@H](O)[C@H](O)[C@@H](O)CN1C[C@H]1CCN(c2cccc(C(F)(F)F)n2)C1. The van der Waals surface area contributed by atoms with Gasteiger partial charge in [0.25, 0.3) is 0 Å². The second-order valence-corrected chi connectivity index (χ2v) is 7.23. The van der Waals surface area contributed by atoms with Crippen molar-refractivity contribution in [2.75, 3.05) is 37.7 Å². The van der Waals surface area contributed by atoms with E-state index in [1.807, 2.05) is 0 Å². The molecule has 0 bridgehead atoms. The molecule has 2 aliphatic heterocycles. The van der Waals surface area contributed by atoms with Crippen LogP contribution in [0, 0.1) is 5.92 Å². The van der Waals surface area contributed by atoms with Crippen LogP contribution in [0.25, 0.3) is 0 Å². The molecule has 1 aromatic heterocycles. The number of hydrogen-bond acceptors (Lipinski definition) is 7. The maximum atomic E-state index is 12.8. The zero-order valence-electron chi connectivity index (χ0n) is 14.6. The first kappa shape index (κ1) is 20.3. The second-order valence-electron chi connectivity index (χ2n) is 7.23. The minimum absolute atomic E-state index is 0.0741. The van der Waals surface area contributed by atoms with Gasteiger partial charge in [-0.25, -0.2) is 4.98 Å². The first-order valence-electron chi connectivity index (χ1n) is 8.89. The summed E-state index contributed by atoms with van der Waals surface area (Å²) in [5.74, 6) is 0.338. The van der Waals surface area contributed by atoms with E-state index in [1.165, 1.54) is 6.07 Å². The van der Waals surface area contributed by atoms with Crippen LogP contribution in [0.4, 0.5) is 19.0 Å². The number of alkyl halides is 3. The third kappa shape index (κ3) is 4.35. The van der Waals surface area contributed by atoms with Gasteiger partial charge in [-0.15, -0.1) is 0 Å². The van der Waals surface area contributed by atoms with Crippen LogP contribution in [-0.2, 0) is 6.18 Å². The molecule has 0 unspecified atom stereocenters. The Hall–Kier alpha value is -1.46. The molecule has 3 rings (SSSR count). The molecular weight excluding hydrogens is 367 g/mol. The number of aliphatic hydroxyl groups is 4. The molecule has 0 spiro atoms. The number of piperidine rings is 1. The molecule has 7 nitrogen and oxygen atoms in total. The Kier molecular flexibility index (Phi) is 5.92. The molecule has 0 aliphatic carbocycles. The van der Waals surface area contributed by atoms with Crippen LogP contribution < -0.4 is 4.90 Å². The van der Waals surface area contributed by atoms with Crippen molar-refractivity contribution in [3.05, 3.63) is 23.9 Å². The number of anilines is 1. The molecular formula is C17H24F3N3O4. The summed E-state index contributed by atoms with van der Waals surface area (Å²) in [5.41, 5.74) is -0.931. The molecule has 0 aromatic carbocycles. The van der Waals surface area contributed by atoms with Crippen LogP contribution >= 0.6 is 0 Å². The highest BCUT2D eigenvalue weighted by Crippen LogP contribution is 2.31. The molecule has 0 radical (unpaired) electrons. The van der Waals surface area contributed by atoms with E-state index < -0.39 is 36.2 Å². The van der Waals surface area contributed by atoms with Gasteiger partial charge in [0, 0.05) is 26.2 Å². The summed E-state index contributed by atoms with van der Waals surface area (Å²) >= 11 is 0. The lowest BCUT2D eigenvalue weighted by Gasteiger charge is -2.44.